The summed E-state index contributed by atoms with van der Waals surface area (Å²) in [5.74, 6) is 0.390. The van der Waals surface area contributed by atoms with E-state index in [2.05, 4.69) is 15.9 Å². The number of anilines is 1. The molecular weight excluding hydrogens is 350 g/mol. The highest BCUT2D eigenvalue weighted by molar-refractivity contribution is 9.10. The van der Waals surface area contributed by atoms with Crippen molar-refractivity contribution in [3.8, 4) is 5.75 Å². The summed E-state index contributed by atoms with van der Waals surface area (Å²) in [6, 6.07) is 6.45. The second-order valence-corrected chi connectivity index (χ2v) is 7.67. The Labute approximate surface area is 124 Å². The van der Waals surface area contributed by atoms with Crippen LogP contribution in [0.2, 0.25) is 0 Å². The molecule has 0 fully saturated rings. The van der Waals surface area contributed by atoms with Crippen molar-refractivity contribution in [2.75, 3.05) is 12.8 Å². The predicted molar refractivity (Wildman–Crippen MR) is 80.3 cm³/mol. The van der Waals surface area contributed by atoms with Gasteiger partial charge in [0.2, 0.25) is 0 Å². The summed E-state index contributed by atoms with van der Waals surface area (Å²) >= 11 is 4.72. The van der Waals surface area contributed by atoms with Crippen molar-refractivity contribution in [2.24, 2.45) is 0 Å². The first-order chi connectivity index (χ1) is 8.94. The number of benzene rings is 1. The van der Waals surface area contributed by atoms with Crippen LogP contribution in [0.4, 0.5) is 5.69 Å². The molecule has 4 nitrogen and oxygen atoms in total. The lowest BCUT2D eigenvalue weighted by atomic mass is 10.3. The molecule has 0 amide bonds. The third-order valence-corrected chi connectivity index (χ3v) is 6.37. The topological polar surface area (TPSA) is 69.4 Å². The first-order valence-corrected chi connectivity index (χ1v) is 8.64. The van der Waals surface area contributed by atoms with Crippen LogP contribution in [0.3, 0.4) is 0 Å². The van der Waals surface area contributed by atoms with Crippen LogP contribution < -0.4 is 10.5 Å². The Morgan fingerprint density at radius 3 is 2.68 bits per heavy atom. The lowest BCUT2D eigenvalue weighted by molar-refractivity contribution is 0.413. The van der Waals surface area contributed by atoms with E-state index in [4.69, 9.17) is 10.5 Å². The quantitative estimate of drug-likeness (QED) is 0.849. The zero-order valence-corrected chi connectivity index (χ0v) is 13.3. The first kappa shape index (κ1) is 14.4. The minimum Gasteiger partial charge on any atom is -0.497 e. The van der Waals surface area contributed by atoms with Gasteiger partial charge in [-0.1, -0.05) is 0 Å². The van der Waals surface area contributed by atoms with Crippen LogP contribution >= 0.6 is 27.3 Å². The molecule has 19 heavy (non-hydrogen) atoms. The van der Waals surface area contributed by atoms with Crippen LogP contribution in [0.1, 0.15) is 4.88 Å². The molecule has 0 aliphatic carbocycles. The molecule has 1 aromatic carbocycles. The summed E-state index contributed by atoms with van der Waals surface area (Å²) in [7, 11) is -2.01. The average Bonchev–Trinajstić information content (AvgIpc) is 2.75. The SMILES string of the molecule is COc1ccc(N)c(S(=O)(=O)Cc2sccc2Br)c1. The van der Waals surface area contributed by atoms with E-state index in [1.165, 1.54) is 30.6 Å². The monoisotopic (exact) mass is 361 g/mol. The van der Waals surface area contributed by atoms with Crippen LogP contribution in [-0.2, 0) is 15.6 Å². The molecule has 1 aromatic heterocycles. The summed E-state index contributed by atoms with van der Waals surface area (Å²) in [5.41, 5.74) is 5.98. The van der Waals surface area contributed by atoms with E-state index in [1.54, 1.807) is 6.07 Å². The molecule has 0 aliphatic rings. The van der Waals surface area contributed by atoms with Gasteiger partial charge in [-0.3, -0.25) is 0 Å². The number of methoxy groups -OCH3 is 1. The van der Waals surface area contributed by atoms with Crippen LogP contribution in [0.25, 0.3) is 0 Å². The lowest BCUT2D eigenvalue weighted by Crippen LogP contribution is -2.07. The normalized spacial score (nSPS) is 11.5. The van der Waals surface area contributed by atoms with Crippen LogP contribution in [0.5, 0.6) is 5.75 Å². The summed E-state index contributed by atoms with van der Waals surface area (Å²) in [4.78, 5) is 0.856. The minimum absolute atomic E-state index is 0.0807. The van der Waals surface area contributed by atoms with Gasteiger partial charge in [0.15, 0.2) is 9.84 Å². The summed E-state index contributed by atoms with van der Waals surface area (Å²) < 4.78 is 30.6. The Balaban J connectivity index is 2.42. The molecule has 0 bridgehead atoms. The first-order valence-electron chi connectivity index (χ1n) is 5.32. The van der Waals surface area contributed by atoms with Gasteiger partial charge in [0.05, 0.1) is 23.4 Å². The smallest absolute Gasteiger partial charge is 0.185 e. The van der Waals surface area contributed by atoms with Gasteiger partial charge in [0, 0.05) is 15.4 Å². The standard InChI is InChI=1S/C12H12BrNO3S2/c1-17-8-2-3-10(14)12(6-8)19(15,16)7-11-9(13)4-5-18-11/h2-6H,7,14H2,1H3. The second-order valence-electron chi connectivity index (χ2n) is 3.85. The molecular formula is C12H12BrNO3S2. The van der Waals surface area contributed by atoms with Gasteiger partial charge in [-0.25, -0.2) is 8.42 Å². The Kier molecular flexibility index (Phi) is 4.17. The van der Waals surface area contributed by atoms with Crippen molar-refractivity contribution in [1.29, 1.82) is 0 Å². The highest BCUT2D eigenvalue weighted by atomic mass is 79.9. The van der Waals surface area contributed by atoms with Crippen molar-refractivity contribution in [3.05, 3.63) is 39.0 Å². The molecule has 7 heteroatoms. The van der Waals surface area contributed by atoms with E-state index in [-0.39, 0.29) is 16.3 Å². The maximum Gasteiger partial charge on any atom is 0.185 e. The fourth-order valence-corrected chi connectivity index (χ4v) is 5.17. The van der Waals surface area contributed by atoms with Crippen molar-refractivity contribution in [2.45, 2.75) is 10.6 Å². The summed E-state index contributed by atoms with van der Waals surface area (Å²) in [6.07, 6.45) is 0. The third kappa shape index (κ3) is 3.10. The molecule has 0 spiro atoms. The van der Waals surface area contributed by atoms with Crippen LogP contribution in [-0.4, -0.2) is 15.5 Å². The molecule has 0 atom stereocenters. The molecule has 1 heterocycles. The Hall–Kier alpha value is -1.05. The molecule has 0 aliphatic heterocycles. The van der Waals surface area contributed by atoms with E-state index < -0.39 is 9.84 Å². The van der Waals surface area contributed by atoms with E-state index in [0.717, 1.165) is 9.35 Å². The summed E-state index contributed by atoms with van der Waals surface area (Å²) in [6.45, 7) is 0. The number of halogens is 1. The van der Waals surface area contributed by atoms with Gasteiger partial charge in [0.1, 0.15) is 5.75 Å². The zero-order valence-electron chi connectivity index (χ0n) is 10.1. The van der Waals surface area contributed by atoms with E-state index in [1.807, 2.05) is 11.4 Å². The third-order valence-electron chi connectivity index (χ3n) is 2.57. The molecule has 2 rings (SSSR count). The Bertz CT molecular complexity index is 695. The zero-order chi connectivity index (χ0) is 14.0. The summed E-state index contributed by atoms with van der Waals surface area (Å²) in [5, 5.41) is 1.84. The van der Waals surface area contributed by atoms with Crippen LogP contribution in [0, 0.1) is 0 Å². The number of ether oxygens (including phenoxy) is 1. The van der Waals surface area contributed by atoms with Gasteiger partial charge >= 0.3 is 0 Å². The molecule has 0 unspecified atom stereocenters. The number of thiophene rings is 1. The van der Waals surface area contributed by atoms with E-state index in [0.29, 0.717) is 5.75 Å². The van der Waals surface area contributed by atoms with Crippen molar-refractivity contribution in [1.82, 2.24) is 0 Å². The average molecular weight is 362 g/mol. The number of nitrogens with two attached hydrogens (primary N) is 1. The highest BCUT2D eigenvalue weighted by Crippen LogP contribution is 2.31. The molecule has 0 saturated carbocycles. The largest absolute Gasteiger partial charge is 0.497 e. The van der Waals surface area contributed by atoms with Gasteiger partial charge in [-0.2, -0.15) is 0 Å². The lowest BCUT2D eigenvalue weighted by Gasteiger charge is -2.09. The van der Waals surface area contributed by atoms with Gasteiger partial charge in [0.25, 0.3) is 0 Å². The minimum atomic E-state index is -3.49. The van der Waals surface area contributed by atoms with Gasteiger partial charge in [-0.15, -0.1) is 11.3 Å². The van der Waals surface area contributed by atoms with Crippen LogP contribution in [0.15, 0.2) is 39.0 Å². The Morgan fingerprint density at radius 1 is 1.37 bits per heavy atom. The van der Waals surface area contributed by atoms with E-state index in [9.17, 15) is 8.42 Å². The second kappa shape index (κ2) is 5.52. The maximum atomic E-state index is 12.4. The number of rotatable bonds is 4. The highest BCUT2D eigenvalue weighted by Gasteiger charge is 2.21. The van der Waals surface area contributed by atoms with Gasteiger partial charge in [-0.05, 0) is 39.5 Å². The van der Waals surface area contributed by atoms with Gasteiger partial charge < -0.3 is 10.5 Å². The molecule has 0 radical (unpaired) electrons. The maximum absolute atomic E-state index is 12.4. The van der Waals surface area contributed by atoms with Crippen molar-refractivity contribution < 1.29 is 13.2 Å². The fraction of sp³-hybridized carbons (Fsp3) is 0.167. The molecule has 0 saturated heterocycles. The molecule has 2 N–H and O–H groups in total. The Morgan fingerprint density at radius 2 is 2.11 bits per heavy atom. The van der Waals surface area contributed by atoms with Crippen molar-refractivity contribution in [3.63, 3.8) is 0 Å². The number of sulfone groups is 1. The van der Waals surface area contributed by atoms with Crippen molar-refractivity contribution >= 4 is 42.8 Å². The fourth-order valence-electron chi connectivity index (χ4n) is 1.59. The molecule has 102 valence electrons. The van der Waals surface area contributed by atoms with E-state index >= 15 is 0 Å². The predicted octanol–water partition coefficient (Wildman–Crippen LogP) is 3.08. The molecule has 2 aromatic rings. The number of hydrogen-bond donors (Lipinski definition) is 1. The number of hydrogen-bond acceptors (Lipinski definition) is 5. The number of nitrogen functional groups attached to an aromatic ring is 1.